The highest BCUT2D eigenvalue weighted by atomic mass is 16.4. The van der Waals surface area contributed by atoms with E-state index >= 15 is 0 Å². The van der Waals surface area contributed by atoms with E-state index in [9.17, 15) is 4.79 Å². The fraction of sp³-hybridized carbons (Fsp3) is 0.375. The first kappa shape index (κ1) is 19.2. The molecule has 1 aliphatic carbocycles. The van der Waals surface area contributed by atoms with Crippen LogP contribution in [0, 0.1) is 24.7 Å². The molecule has 0 heterocycles. The monoisotopic (exact) mass is 361 g/mol. The molecule has 0 radical (unpaired) electrons. The fourth-order valence-electron chi connectivity index (χ4n) is 3.05. The van der Waals surface area contributed by atoms with Crippen molar-refractivity contribution in [3.05, 3.63) is 70.3 Å². The van der Waals surface area contributed by atoms with Crippen molar-refractivity contribution >= 4 is 5.97 Å². The summed E-state index contributed by atoms with van der Waals surface area (Å²) in [4.78, 5) is 11.0. The molecule has 2 N–H and O–H groups in total. The summed E-state index contributed by atoms with van der Waals surface area (Å²) < 4.78 is 0. The number of aliphatic carboxylic acids is 1. The maximum Gasteiger partial charge on any atom is 0.310 e. The molecule has 140 valence electrons. The topological polar surface area (TPSA) is 49.3 Å². The molecular formula is C24H27NO2. The number of aryl methyl sites for hydroxylation is 1. The van der Waals surface area contributed by atoms with Crippen molar-refractivity contribution in [2.75, 3.05) is 6.54 Å². The van der Waals surface area contributed by atoms with E-state index < -0.39 is 11.9 Å². The third-order valence-corrected chi connectivity index (χ3v) is 5.22. The summed E-state index contributed by atoms with van der Waals surface area (Å²) >= 11 is 0. The predicted molar refractivity (Wildman–Crippen MR) is 109 cm³/mol. The summed E-state index contributed by atoms with van der Waals surface area (Å²) in [7, 11) is 0. The van der Waals surface area contributed by atoms with Gasteiger partial charge in [-0.3, -0.25) is 4.79 Å². The smallest absolute Gasteiger partial charge is 0.310 e. The van der Waals surface area contributed by atoms with Gasteiger partial charge in [0.1, 0.15) is 0 Å². The molecule has 3 heteroatoms. The van der Waals surface area contributed by atoms with Crippen molar-refractivity contribution in [3.8, 4) is 11.8 Å². The Kier molecular flexibility index (Phi) is 6.32. The predicted octanol–water partition coefficient (Wildman–Crippen LogP) is 4.47. The molecule has 1 aliphatic rings. The Labute approximate surface area is 161 Å². The van der Waals surface area contributed by atoms with Gasteiger partial charge >= 0.3 is 5.97 Å². The van der Waals surface area contributed by atoms with Crippen LogP contribution in [0.5, 0.6) is 0 Å². The lowest BCUT2D eigenvalue weighted by Gasteiger charge is -2.08. The van der Waals surface area contributed by atoms with Crippen molar-refractivity contribution in [1.29, 1.82) is 0 Å². The lowest BCUT2D eigenvalue weighted by atomic mass is 10.00. The van der Waals surface area contributed by atoms with Crippen molar-refractivity contribution < 1.29 is 9.90 Å². The number of benzene rings is 2. The van der Waals surface area contributed by atoms with E-state index in [4.69, 9.17) is 5.11 Å². The van der Waals surface area contributed by atoms with E-state index in [1.165, 1.54) is 30.4 Å². The molecule has 0 amide bonds. The number of carbonyl (C=O) groups is 1. The Morgan fingerprint density at radius 2 is 1.81 bits per heavy atom. The van der Waals surface area contributed by atoms with Crippen LogP contribution in [0.2, 0.25) is 0 Å². The largest absolute Gasteiger partial charge is 0.481 e. The quantitative estimate of drug-likeness (QED) is 0.565. The molecule has 27 heavy (non-hydrogen) atoms. The third kappa shape index (κ3) is 5.70. The Morgan fingerprint density at radius 3 is 2.44 bits per heavy atom. The average molecular weight is 361 g/mol. The molecular weight excluding hydrogens is 334 g/mol. The van der Waals surface area contributed by atoms with E-state index in [0.29, 0.717) is 0 Å². The molecule has 1 saturated carbocycles. The van der Waals surface area contributed by atoms with Gasteiger partial charge in [-0.05, 0) is 73.7 Å². The van der Waals surface area contributed by atoms with Gasteiger partial charge < -0.3 is 10.4 Å². The molecule has 0 bridgehead atoms. The van der Waals surface area contributed by atoms with E-state index in [1.54, 1.807) is 6.92 Å². The molecule has 0 aliphatic heterocycles. The van der Waals surface area contributed by atoms with Crippen LogP contribution >= 0.6 is 0 Å². The van der Waals surface area contributed by atoms with Crippen molar-refractivity contribution in [1.82, 2.24) is 5.32 Å². The zero-order valence-electron chi connectivity index (χ0n) is 16.1. The Morgan fingerprint density at radius 1 is 1.15 bits per heavy atom. The lowest BCUT2D eigenvalue weighted by Crippen LogP contribution is -2.15. The molecule has 2 aromatic rings. The van der Waals surface area contributed by atoms with E-state index in [-0.39, 0.29) is 0 Å². The number of hydrogen-bond acceptors (Lipinski definition) is 2. The summed E-state index contributed by atoms with van der Waals surface area (Å²) in [6.07, 6.45) is 4.12. The van der Waals surface area contributed by atoms with Gasteiger partial charge in [0.2, 0.25) is 0 Å². The first-order chi connectivity index (χ1) is 13.0. The van der Waals surface area contributed by atoms with Crippen LogP contribution in [-0.4, -0.2) is 17.6 Å². The number of carboxylic acids is 1. The van der Waals surface area contributed by atoms with Gasteiger partial charge in [-0.15, -0.1) is 0 Å². The highest BCUT2D eigenvalue weighted by Gasteiger charge is 2.19. The van der Waals surface area contributed by atoms with Crippen LogP contribution in [0.3, 0.4) is 0 Å². The van der Waals surface area contributed by atoms with E-state index in [2.05, 4.69) is 42.3 Å². The Balaban J connectivity index is 1.59. The third-order valence-electron chi connectivity index (χ3n) is 5.22. The number of nitrogens with one attached hydrogen (secondary N) is 1. The van der Waals surface area contributed by atoms with Crippen LogP contribution in [-0.2, 0) is 11.3 Å². The minimum Gasteiger partial charge on any atom is -0.481 e. The fourth-order valence-corrected chi connectivity index (χ4v) is 3.05. The van der Waals surface area contributed by atoms with Crippen molar-refractivity contribution in [2.24, 2.45) is 5.92 Å². The molecule has 0 aromatic heterocycles. The molecule has 3 nitrogen and oxygen atoms in total. The zero-order valence-corrected chi connectivity index (χ0v) is 16.1. The summed E-state index contributed by atoms with van der Waals surface area (Å²) in [5.74, 6) is 6.02. The highest BCUT2D eigenvalue weighted by Crippen LogP contribution is 2.31. The number of hydrogen-bond donors (Lipinski definition) is 2. The standard InChI is InChI=1S/C24H27NO2/c1-17-15-21(9-12-23(17)16-25-14-13-20-3-4-20)6-5-19-7-10-22(11-8-19)18(2)24(26)27/h7-12,15,18,20,25H,3-4,13-14,16H2,1-2H3,(H,26,27). The summed E-state index contributed by atoms with van der Waals surface area (Å²) in [5, 5.41) is 12.6. The van der Waals surface area contributed by atoms with Gasteiger partial charge in [0.05, 0.1) is 5.92 Å². The number of rotatable bonds is 7. The number of carboxylic acid groups (broad SMARTS) is 1. The second-order valence-corrected chi connectivity index (χ2v) is 7.48. The van der Waals surface area contributed by atoms with Crippen LogP contribution in [0.25, 0.3) is 0 Å². The summed E-state index contributed by atoms with van der Waals surface area (Å²) in [5.41, 5.74) is 5.26. The molecule has 1 fully saturated rings. The summed E-state index contributed by atoms with van der Waals surface area (Å²) in [6.45, 7) is 5.83. The highest BCUT2D eigenvalue weighted by molar-refractivity contribution is 5.75. The first-order valence-electron chi connectivity index (χ1n) is 9.68. The molecule has 1 atom stereocenters. The van der Waals surface area contributed by atoms with Gasteiger partial charge in [-0.2, -0.15) is 0 Å². The van der Waals surface area contributed by atoms with Crippen LogP contribution in [0.15, 0.2) is 42.5 Å². The van der Waals surface area contributed by atoms with Gasteiger partial charge in [0, 0.05) is 17.7 Å². The summed E-state index contributed by atoms with van der Waals surface area (Å²) in [6, 6.07) is 13.8. The molecule has 0 saturated heterocycles. The lowest BCUT2D eigenvalue weighted by molar-refractivity contribution is -0.138. The maximum absolute atomic E-state index is 11.0. The molecule has 0 spiro atoms. The van der Waals surface area contributed by atoms with Crippen molar-refractivity contribution in [3.63, 3.8) is 0 Å². The Bertz CT molecular complexity index is 854. The second-order valence-electron chi connectivity index (χ2n) is 7.48. The van der Waals surface area contributed by atoms with Crippen LogP contribution in [0.1, 0.15) is 59.9 Å². The minimum atomic E-state index is -0.813. The molecule has 1 unspecified atom stereocenters. The van der Waals surface area contributed by atoms with Crippen LogP contribution < -0.4 is 5.32 Å². The first-order valence-corrected chi connectivity index (χ1v) is 9.68. The molecule has 2 aromatic carbocycles. The zero-order chi connectivity index (χ0) is 19.2. The van der Waals surface area contributed by atoms with Gasteiger partial charge in [0.25, 0.3) is 0 Å². The van der Waals surface area contributed by atoms with E-state index in [1.807, 2.05) is 24.3 Å². The SMILES string of the molecule is Cc1cc(C#Cc2ccc(C(C)C(=O)O)cc2)ccc1CNCCC1CC1. The van der Waals surface area contributed by atoms with Gasteiger partial charge in [0.15, 0.2) is 0 Å². The Hall–Kier alpha value is -2.57. The van der Waals surface area contributed by atoms with Gasteiger partial charge in [-0.25, -0.2) is 0 Å². The van der Waals surface area contributed by atoms with E-state index in [0.717, 1.165) is 35.7 Å². The minimum absolute atomic E-state index is 0.500. The molecule has 3 rings (SSSR count). The average Bonchev–Trinajstić information content (AvgIpc) is 3.49. The van der Waals surface area contributed by atoms with Crippen LogP contribution in [0.4, 0.5) is 0 Å². The van der Waals surface area contributed by atoms with Crippen molar-refractivity contribution in [2.45, 2.75) is 45.6 Å². The maximum atomic E-state index is 11.0. The van der Waals surface area contributed by atoms with Gasteiger partial charge in [-0.1, -0.05) is 42.9 Å². The second kappa shape index (κ2) is 8.88. The normalized spacial score (nSPS) is 14.3.